The topological polar surface area (TPSA) is 304 Å². The number of hydrogen-bond acceptors (Lipinski definition) is 19. The highest BCUT2D eigenvalue weighted by Crippen LogP contribution is 2.34. The Bertz CT molecular complexity index is 1560. The quantitative estimate of drug-likeness (QED) is 0.0603. The Balaban J connectivity index is 1.39. The molecule has 0 spiro atoms. The number of phenols is 4. The van der Waals surface area contributed by atoms with E-state index in [4.69, 9.17) is 33.2 Å². The zero-order valence-corrected chi connectivity index (χ0v) is 28.2. The van der Waals surface area contributed by atoms with Gasteiger partial charge in [0.15, 0.2) is 48.0 Å². The minimum Gasteiger partial charge on any atom is -0.504 e. The van der Waals surface area contributed by atoms with Gasteiger partial charge >= 0.3 is 5.97 Å². The maximum absolute atomic E-state index is 13.1. The highest BCUT2D eigenvalue weighted by atomic mass is 16.8. The van der Waals surface area contributed by atoms with E-state index in [1.54, 1.807) is 0 Å². The van der Waals surface area contributed by atoms with Crippen molar-refractivity contribution in [2.24, 2.45) is 0 Å². The molecule has 53 heavy (non-hydrogen) atoms. The van der Waals surface area contributed by atoms with E-state index in [1.165, 1.54) is 49.4 Å². The van der Waals surface area contributed by atoms with Gasteiger partial charge in [-0.25, -0.2) is 4.79 Å². The first-order valence-corrected chi connectivity index (χ1v) is 16.6. The molecule has 11 N–H and O–H groups in total. The number of aliphatic hydroxyl groups excluding tert-OH is 7. The van der Waals surface area contributed by atoms with Crippen LogP contribution in [0.1, 0.15) is 18.1 Å². The highest BCUT2D eigenvalue weighted by Gasteiger charge is 2.54. The van der Waals surface area contributed by atoms with Crippen molar-refractivity contribution < 1.29 is 94.1 Å². The molecule has 14 atom stereocenters. The summed E-state index contributed by atoms with van der Waals surface area (Å²) in [5.74, 6) is -2.58. The van der Waals surface area contributed by atoms with Crippen LogP contribution in [0.2, 0.25) is 0 Å². The third-order valence-corrected chi connectivity index (χ3v) is 8.99. The predicted octanol–water partition coefficient (Wildman–Crippen LogP) is -2.55. The third kappa shape index (κ3) is 9.53. The Labute approximate surface area is 302 Å². The molecule has 0 aromatic heterocycles. The highest BCUT2D eigenvalue weighted by molar-refractivity contribution is 5.87. The predicted molar refractivity (Wildman–Crippen MR) is 174 cm³/mol. The molecule has 0 aliphatic carbocycles. The lowest BCUT2D eigenvalue weighted by Gasteiger charge is -2.48. The van der Waals surface area contributed by atoms with Crippen LogP contribution in [-0.2, 0) is 44.4 Å². The number of benzene rings is 2. The van der Waals surface area contributed by atoms with E-state index in [0.717, 1.165) is 6.08 Å². The second-order valence-corrected chi connectivity index (χ2v) is 12.8. The van der Waals surface area contributed by atoms with Crippen LogP contribution in [0.5, 0.6) is 23.0 Å². The minimum atomic E-state index is -1.82. The summed E-state index contributed by atoms with van der Waals surface area (Å²) in [6.45, 7) is -0.0224. The van der Waals surface area contributed by atoms with Crippen LogP contribution in [0.3, 0.4) is 0 Å². The molecule has 0 radical (unpaired) electrons. The average molecular weight is 757 g/mol. The molecule has 0 bridgehead atoms. The summed E-state index contributed by atoms with van der Waals surface area (Å²) < 4.78 is 40.1. The lowest BCUT2D eigenvalue weighted by atomic mass is 9.96. The number of ether oxygens (including phenoxy) is 7. The van der Waals surface area contributed by atoms with Crippen LogP contribution in [-0.4, -0.2) is 168 Å². The summed E-state index contributed by atoms with van der Waals surface area (Å²) in [6.07, 6.45) is -20.3. The molecular formula is C34H44O19. The van der Waals surface area contributed by atoms with Crippen LogP contribution in [0, 0.1) is 0 Å². The largest absolute Gasteiger partial charge is 0.504 e. The standard InChI is InChI=1S/C34H44O19/c1-14-24(42)26(44)31(53-32-27(45)25(43)21(40)13-48-32)34(49-14)52-30-28(46)33(47-9-8-16-3-6-18(37)20(39)11-16)50-22(12-35)29(30)51-23(41)7-4-15-2-5-17(36)19(38)10-15/h2-7,10-11,14,21-22,24-40,42-46H,8-9,12-13H2,1H3/b7-4-/t14-,21-,22+,24-,25-,26+,27+,28+,29+,30+,31+,32-,33+,34-/m0/s1. The molecule has 3 fully saturated rings. The van der Waals surface area contributed by atoms with Crippen LogP contribution in [0.4, 0.5) is 0 Å². The van der Waals surface area contributed by atoms with E-state index >= 15 is 0 Å². The number of carbonyl (C=O) groups excluding carboxylic acids is 1. The summed E-state index contributed by atoms with van der Waals surface area (Å²) >= 11 is 0. The van der Waals surface area contributed by atoms with Gasteiger partial charge in [-0.2, -0.15) is 0 Å². The first kappa shape index (κ1) is 40.5. The lowest BCUT2D eigenvalue weighted by molar-refractivity contribution is -0.381. The number of hydrogen-bond donors (Lipinski definition) is 11. The summed E-state index contributed by atoms with van der Waals surface area (Å²) in [4.78, 5) is 13.1. The van der Waals surface area contributed by atoms with Crippen LogP contribution in [0.15, 0.2) is 42.5 Å². The molecule has 19 heteroatoms. The first-order valence-electron chi connectivity index (χ1n) is 16.6. The molecule has 2 aromatic rings. The number of aliphatic hydroxyl groups is 7. The van der Waals surface area contributed by atoms with Gasteiger partial charge in [0, 0.05) is 6.08 Å². The zero-order chi connectivity index (χ0) is 38.6. The fourth-order valence-electron chi connectivity index (χ4n) is 5.94. The molecule has 0 amide bonds. The van der Waals surface area contributed by atoms with Crippen molar-refractivity contribution in [1.82, 2.24) is 0 Å². The average Bonchev–Trinajstić information content (AvgIpc) is 3.13. The van der Waals surface area contributed by atoms with Gasteiger partial charge in [-0.05, 0) is 54.8 Å². The van der Waals surface area contributed by atoms with Crippen molar-refractivity contribution in [3.8, 4) is 23.0 Å². The summed E-state index contributed by atoms with van der Waals surface area (Å²) in [5, 5.41) is 113. The Hall–Kier alpha value is -3.67. The van der Waals surface area contributed by atoms with Gasteiger partial charge in [0.2, 0.25) is 0 Å². The van der Waals surface area contributed by atoms with Crippen LogP contribution in [0.25, 0.3) is 6.08 Å². The molecular weight excluding hydrogens is 712 g/mol. The molecule has 0 saturated carbocycles. The van der Waals surface area contributed by atoms with Crippen molar-refractivity contribution in [2.75, 3.05) is 19.8 Å². The van der Waals surface area contributed by atoms with Crippen LogP contribution < -0.4 is 0 Å². The van der Waals surface area contributed by atoms with Crippen molar-refractivity contribution in [1.29, 1.82) is 0 Å². The summed E-state index contributed by atoms with van der Waals surface area (Å²) in [7, 11) is 0. The minimum absolute atomic E-state index is 0.137. The maximum Gasteiger partial charge on any atom is 0.331 e. The molecule has 19 nitrogen and oxygen atoms in total. The molecule has 2 aromatic carbocycles. The number of aromatic hydroxyl groups is 4. The smallest absolute Gasteiger partial charge is 0.331 e. The van der Waals surface area contributed by atoms with Crippen molar-refractivity contribution in [3.63, 3.8) is 0 Å². The van der Waals surface area contributed by atoms with Gasteiger partial charge in [-0.15, -0.1) is 0 Å². The van der Waals surface area contributed by atoms with E-state index in [0.29, 0.717) is 11.1 Å². The summed E-state index contributed by atoms with van der Waals surface area (Å²) in [6, 6.07) is 7.85. The van der Waals surface area contributed by atoms with E-state index in [-0.39, 0.29) is 30.3 Å². The fourth-order valence-corrected chi connectivity index (χ4v) is 5.94. The Morgan fingerprint density at radius 1 is 0.755 bits per heavy atom. The lowest BCUT2D eigenvalue weighted by Crippen LogP contribution is -2.66. The van der Waals surface area contributed by atoms with E-state index < -0.39 is 111 Å². The maximum atomic E-state index is 13.1. The number of phenolic OH excluding ortho intramolecular Hbond substituents is 4. The van der Waals surface area contributed by atoms with Crippen molar-refractivity contribution in [2.45, 2.75) is 99.4 Å². The molecule has 5 rings (SSSR count). The van der Waals surface area contributed by atoms with Gasteiger partial charge in [0.25, 0.3) is 0 Å². The molecule has 3 saturated heterocycles. The Morgan fingerprint density at radius 3 is 2.11 bits per heavy atom. The van der Waals surface area contributed by atoms with E-state index in [9.17, 15) is 61.0 Å². The van der Waals surface area contributed by atoms with E-state index in [2.05, 4.69) is 0 Å². The molecule has 294 valence electrons. The number of rotatable bonds is 12. The number of esters is 1. The third-order valence-electron chi connectivity index (χ3n) is 8.99. The second kappa shape index (κ2) is 17.6. The van der Waals surface area contributed by atoms with Gasteiger partial charge in [0.1, 0.15) is 54.9 Å². The van der Waals surface area contributed by atoms with Crippen LogP contribution >= 0.6 is 0 Å². The Morgan fingerprint density at radius 2 is 1.43 bits per heavy atom. The molecule has 0 unspecified atom stereocenters. The van der Waals surface area contributed by atoms with Gasteiger partial charge < -0.3 is 89.3 Å². The number of carbonyl (C=O) groups is 1. The SMILES string of the molecule is C[C@@H]1O[C@@H](O[C@@H]2[C@@H](O)[C@H](OCCc3ccc(O)c(O)c3)O[C@H](CO)[C@H]2OC(=O)/C=C\c2ccc(O)c(O)c2)[C@H](O[C@@H]2OC[C@H](O)[C@H](O)[C@H]2O)[C@H](O)[C@H]1O. The normalized spacial score (nSPS) is 36.4. The summed E-state index contributed by atoms with van der Waals surface area (Å²) in [5.41, 5.74) is 0.834. The van der Waals surface area contributed by atoms with Gasteiger partial charge in [-0.3, -0.25) is 0 Å². The van der Waals surface area contributed by atoms with Gasteiger partial charge in [0.05, 0.1) is 25.9 Å². The van der Waals surface area contributed by atoms with Crippen molar-refractivity contribution in [3.05, 3.63) is 53.6 Å². The molecule has 3 heterocycles. The van der Waals surface area contributed by atoms with Gasteiger partial charge in [-0.1, -0.05) is 12.1 Å². The first-order chi connectivity index (χ1) is 25.2. The van der Waals surface area contributed by atoms with Crippen molar-refractivity contribution >= 4 is 12.0 Å². The molecule has 3 aliphatic heterocycles. The zero-order valence-electron chi connectivity index (χ0n) is 28.2. The monoisotopic (exact) mass is 756 g/mol. The Kier molecular flexibility index (Phi) is 13.5. The molecule has 3 aliphatic rings. The second-order valence-electron chi connectivity index (χ2n) is 12.8. The van der Waals surface area contributed by atoms with E-state index in [1.807, 2.05) is 0 Å². The fraction of sp³-hybridized carbons (Fsp3) is 0.559.